The molecule has 0 spiro atoms. The van der Waals surface area contributed by atoms with Crippen molar-refractivity contribution in [3.05, 3.63) is 127 Å². The second-order valence-corrected chi connectivity index (χ2v) is 21.6. The monoisotopic (exact) mass is 1080 g/mol. The fraction of sp³-hybridized carbons (Fsp3) is 0.475. The summed E-state index contributed by atoms with van der Waals surface area (Å²) in [6.45, 7) is 18.7. The summed E-state index contributed by atoms with van der Waals surface area (Å²) in [6, 6.07) is 18.8. The summed E-state index contributed by atoms with van der Waals surface area (Å²) in [4.78, 5) is 79.7. The number of hydrogen-bond acceptors (Lipinski definition) is 15. The number of carbonyl (C=O) groups is 3. The van der Waals surface area contributed by atoms with Gasteiger partial charge in [-0.1, -0.05) is 24.3 Å². The van der Waals surface area contributed by atoms with Gasteiger partial charge in [-0.2, -0.15) is 0 Å². The Kier molecular flexibility index (Phi) is 17.8. The first-order valence-corrected chi connectivity index (χ1v) is 27.4. The smallest absolute Gasteiger partial charge is 0.410 e. The van der Waals surface area contributed by atoms with Crippen LogP contribution in [0.5, 0.6) is 23.0 Å². The van der Waals surface area contributed by atoms with Gasteiger partial charge >= 0.3 is 6.09 Å². The van der Waals surface area contributed by atoms with Crippen LogP contribution in [0.15, 0.2) is 82.6 Å². The summed E-state index contributed by atoms with van der Waals surface area (Å²) in [5, 5.41) is 10.4. The number of amides is 3. The normalized spacial score (nSPS) is 16.0. The van der Waals surface area contributed by atoms with Crippen molar-refractivity contribution in [1.29, 1.82) is 0 Å². The number of rotatable bonds is 14. The van der Waals surface area contributed by atoms with E-state index in [-0.39, 0.29) is 35.1 Å². The maximum atomic E-state index is 13.4. The third kappa shape index (κ3) is 13.8. The van der Waals surface area contributed by atoms with Crippen molar-refractivity contribution in [3.8, 4) is 23.0 Å². The molecule has 20 nitrogen and oxygen atoms in total. The van der Waals surface area contributed by atoms with Gasteiger partial charge in [0.15, 0.2) is 23.0 Å². The first-order chi connectivity index (χ1) is 38.0. The van der Waals surface area contributed by atoms with Crippen molar-refractivity contribution in [2.75, 3.05) is 79.8 Å². The standard InChI is InChI=1S/C32H41N5O6.C27H33N5O4/c1-21-6-7-24-25(30(39)33-5)18-29(38)36(26(24)16-21)13-12-35-10-8-23(9-11-35)37(31(40)43-32(2,3)4)20-22-17-27-28(19-34-22)42-15-14-41-27;1-18-3-4-21-22(27(34)28-2)15-26(33)32(23(21)13-18)10-9-31-7-5-19(6-8-31)29-16-20-14-24-25(17-30-20)36-12-11-35-24/h6-7,16-19,23H,8-15,20H2,1-5H3,(H,33,39);3-4,13-15,17,19,29H,5-12,16H2,1-2H3,(H,28,34). The molecule has 20 heteroatoms. The Labute approximate surface area is 460 Å². The number of hydrogen-bond donors (Lipinski definition) is 3. The minimum Gasteiger partial charge on any atom is -0.486 e. The van der Waals surface area contributed by atoms with E-state index in [1.165, 1.54) is 12.1 Å². The lowest BCUT2D eigenvalue weighted by Crippen LogP contribution is -2.49. The van der Waals surface area contributed by atoms with E-state index in [4.69, 9.17) is 23.7 Å². The summed E-state index contributed by atoms with van der Waals surface area (Å²) in [5.41, 5.74) is 5.13. The number of ether oxygens (including phenoxy) is 5. The average Bonchev–Trinajstić information content (AvgIpc) is 3.55. The minimum absolute atomic E-state index is 0.0286. The number of benzene rings is 2. The zero-order valence-electron chi connectivity index (χ0n) is 46.5. The molecule has 79 heavy (non-hydrogen) atoms. The van der Waals surface area contributed by atoms with Gasteiger partial charge in [0.05, 0.1) is 52.5 Å². The molecule has 0 atom stereocenters. The molecular weight excluding hydrogens is 1010 g/mol. The van der Waals surface area contributed by atoms with E-state index in [1.54, 1.807) is 40.5 Å². The molecule has 0 unspecified atom stereocenters. The molecule has 0 saturated carbocycles. The Bertz CT molecular complexity index is 3300. The number of pyridine rings is 4. The Morgan fingerprint density at radius 2 is 1.08 bits per heavy atom. The Morgan fingerprint density at radius 1 is 0.620 bits per heavy atom. The summed E-state index contributed by atoms with van der Waals surface area (Å²) in [5.74, 6) is 2.21. The van der Waals surface area contributed by atoms with Gasteiger partial charge in [-0.15, -0.1) is 0 Å². The van der Waals surface area contributed by atoms with Crippen LogP contribution in [0, 0.1) is 13.8 Å². The zero-order chi connectivity index (χ0) is 55.8. The van der Waals surface area contributed by atoms with Crippen molar-refractivity contribution in [2.24, 2.45) is 0 Å². The molecule has 6 aromatic rings. The second-order valence-electron chi connectivity index (χ2n) is 21.6. The van der Waals surface area contributed by atoms with E-state index < -0.39 is 5.60 Å². The van der Waals surface area contributed by atoms with Gasteiger partial charge in [0.2, 0.25) is 0 Å². The lowest BCUT2D eigenvalue weighted by Gasteiger charge is -2.39. The number of nitrogens with zero attached hydrogens (tertiary/aromatic N) is 7. The van der Waals surface area contributed by atoms with E-state index in [9.17, 15) is 24.0 Å². The highest BCUT2D eigenvalue weighted by atomic mass is 16.6. The van der Waals surface area contributed by atoms with Crippen LogP contribution in [0.25, 0.3) is 21.8 Å². The molecule has 4 aliphatic heterocycles. The van der Waals surface area contributed by atoms with Crippen molar-refractivity contribution < 1.29 is 38.1 Å². The molecule has 0 radical (unpaired) electrons. The molecule has 2 fully saturated rings. The molecule has 10 rings (SSSR count). The molecule has 3 amide bonds. The lowest BCUT2D eigenvalue weighted by atomic mass is 10.0. The lowest BCUT2D eigenvalue weighted by molar-refractivity contribution is 0.00527. The van der Waals surface area contributed by atoms with E-state index in [0.29, 0.717) is 99.3 Å². The number of piperidine rings is 2. The molecule has 4 aliphatic rings. The maximum absolute atomic E-state index is 13.4. The summed E-state index contributed by atoms with van der Waals surface area (Å²) < 4.78 is 31.9. The highest BCUT2D eigenvalue weighted by molar-refractivity contribution is 6.07. The molecule has 0 bridgehead atoms. The van der Waals surface area contributed by atoms with Crippen molar-refractivity contribution in [2.45, 2.75) is 104 Å². The van der Waals surface area contributed by atoms with Crippen LogP contribution < -0.4 is 46.0 Å². The van der Waals surface area contributed by atoms with Crippen LogP contribution in [-0.4, -0.2) is 149 Å². The molecule has 8 heterocycles. The van der Waals surface area contributed by atoms with Crippen molar-refractivity contribution >= 4 is 39.7 Å². The van der Waals surface area contributed by atoms with Crippen LogP contribution in [0.1, 0.15) is 89.7 Å². The largest absolute Gasteiger partial charge is 0.486 e. The van der Waals surface area contributed by atoms with E-state index in [1.807, 2.05) is 83.1 Å². The van der Waals surface area contributed by atoms with Crippen LogP contribution in [0.3, 0.4) is 0 Å². The molecule has 4 aromatic heterocycles. The van der Waals surface area contributed by atoms with Crippen molar-refractivity contribution in [3.63, 3.8) is 0 Å². The summed E-state index contributed by atoms with van der Waals surface area (Å²) in [7, 11) is 3.15. The van der Waals surface area contributed by atoms with Gasteiger partial charge in [-0.25, -0.2) is 4.79 Å². The van der Waals surface area contributed by atoms with E-state index in [2.05, 4.69) is 35.7 Å². The Balaban J connectivity index is 0.000000195. The number of aryl methyl sites for hydroxylation is 2. The fourth-order valence-corrected chi connectivity index (χ4v) is 10.6. The van der Waals surface area contributed by atoms with E-state index >= 15 is 0 Å². The number of fused-ring (bicyclic) bond motifs is 4. The van der Waals surface area contributed by atoms with Gasteiger partial charge in [-0.3, -0.25) is 34.0 Å². The second kappa shape index (κ2) is 25.1. The van der Waals surface area contributed by atoms with Crippen LogP contribution in [0.4, 0.5) is 4.79 Å². The van der Waals surface area contributed by atoms with Crippen LogP contribution in [-0.2, 0) is 30.9 Å². The summed E-state index contributed by atoms with van der Waals surface area (Å²) >= 11 is 0. The Hall–Kier alpha value is -7.55. The van der Waals surface area contributed by atoms with Gasteiger partial charge < -0.3 is 58.6 Å². The average molecular weight is 1080 g/mol. The molecule has 2 aromatic carbocycles. The quantitative estimate of drug-likeness (QED) is 0.117. The van der Waals surface area contributed by atoms with Crippen molar-refractivity contribution in [1.82, 2.24) is 49.8 Å². The minimum atomic E-state index is -0.627. The van der Waals surface area contributed by atoms with E-state index in [0.717, 1.165) is 103 Å². The summed E-state index contributed by atoms with van der Waals surface area (Å²) in [6.07, 6.45) is 6.61. The predicted octanol–water partition coefficient (Wildman–Crippen LogP) is 5.83. The SMILES string of the molecule is CNC(=O)c1cc(=O)n(CCN2CCC(N(Cc3cc4c(cn3)OCCO4)C(=O)OC(C)(C)C)CC2)c2cc(C)ccc12.CNC(=O)c1cc(=O)n(CCN2CCC(NCc3cc4c(cn3)OCCO4)CC2)c2cc(C)ccc12. The van der Waals surface area contributed by atoms with Gasteiger partial charge in [0, 0.05) is 107 Å². The molecule has 3 N–H and O–H groups in total. The molecular formula is C59H74N10O10. The zero-order valence-corrected chi connectivity index (χ0v) is 46.5. The first kappa shape index (κ1) is 56.2. The molecule has 420 valence electrons. The first-order valence-electron chi connectivity index (χ1n) is 27.4. The number of likely N-dealkylation sites (tertiary alicyclic amines) is 2. The molecule has 2 saturated heterocycles. The van der Waals surface area contributed by atoms with Crippen LogP contribution in [0.2, 0.25) is 0 Å². The topological polar surface area (TPSA) is 213 Å². The van der Waals surface area contributed by atoms with Gasteiger partial charge in [-0.05, 0) is 96.7 Å². The Morgan fingerprint density at radius 3 is 1.56 bits per heavy atom. The fourth-order valence-electron chi connectivity index (χ4n) is 10.6. The number of nitrogens with one attached hydrogen (secondary N) is 3. The molecule has 0 aliphatic carbocycles. The van der Waals surface area contributed by atoms with Crippen LogP contribution >= 0.6 is 0 Å². The maximum Gasteiger partial charge on any atom is 0.410 e. The number of aromatic nitrogens is 4. The third-order valence-corrected chi connectivity index (χ3v) is 14.9. The third-order valence-electron chi connectivity index (χ3n) is 14.9. The van der Waals surface area contributed by atoms with Gasteiger partial charge in [0.1, 0.15) is 32.0 Å². The highest BCUT2D eigenvalue weighted by Crippen LogP contribution is 2.32. The predicted molar refractivity (Wildman–Crippen MR) is 301 cm³/mol. The highest BCUT2D eigenvalue weighted by Gasteiger charge is 2.32. The van der Waals surface area contributed by atoms with Gasteiger partial charge in [0.25, 0.3) is 22.9 Å². The number of carbonyl (C=O) groups excluding carboxylic acids is 3.